The molecule has 2 aromatic carbocycles. The zero-order chi connectivity index (χ0) is 20.0. The van der Waals surface area contributed by atoms with E-state index in [-0.39, 0.29) is 23.9 Å². The molecule has 0 aliphatic carbocycles. The summed E-state index contributed by atoms with van der Waals surface area (Å²) in [4.78, 5) is 13.7. The maximum Gasteiger partial charge on any atom is 0.240 e. The number of hydrogen-bond acceptors (Lipinski definition) is 4. The van der Waals surface area contributed by atoms with E-state index in [0.29, 0.717) is 11.7 Å². The number of sulfonamides is 1. The molecule has 0 spiro atoms. The van der Waals surface area contributed by atoms with Gasteiger partial charge in [-0.1, -0.05) is 26.0 Å². The second kappa shape index (κ2) is 9.01. The fourth-order valence-electron chi connectivity index (χ4n) is 2.64. The van der Waals surface area contributed by atoms with Crippen molar-refractivity contribution in [3.8, 4) is 5.75 Å². The molecule has 0 unspecified atom stereocenters. The highest BCUT2D eigenvalue weighted by atomic mass is 32.2. The predicted octanol–water partition coefficient (Wildman–Crippen LogP) is 3.15. The Labute approximate surface area is 161 Å². The number of nitrogens with one attached hydrogen (secondary N) is 1. The topological polar surface area (TPSA) is 75.7 Å². The lowest BCUT2D eigenvalue weighted by atomic mass is 10.0. The van der Waals surface area contributed by atoms with Gasteiger partial charge in [0.2, 0.25) is 15.9 Å². The molecule has 1 amide bonds. The van der Waals surface area contributed by atoms with Crippen molar-refractivity contribution < 1.29 is 17.9 Å². The normalized spacial score (nSPS) is 11.4. The first-order valence-electron chi connectivity index (χ1n) is 8.76. The van der Waals surface area contributed by atoms with Crippen molar-refractivity contribution in [2.24, 2.45) is 0 Å². The van der Waals surface area contributed by atoms with Gasteiger partial charge in [0.05, 0.1) is 12.0 Å². The van der Waals surface area contributed by atoms with Crippen LogP contribution in [0.4, 0.5) is 5.69 Å². The zero-order valence-corrected chi connectivity index (χ0v) is 16.9. The van der Waals surface area contributed by atoms with Crippen LogP contribution in [0.15, 0.2) is 53.4 Å². The van der Waals surface area contributed by atoms with Gasteiger partial charge in [-0.05, 0) is 47.9 Å². The molecule has 27 heavy (non-hydrogen) atoms. The lowest BCUT2D eigenvalue weighted by Gasteiger charge is -2.22. The molecule has 7 heteroatoms. The molecule has 0 heterocycles. The first-order valence-corrected chi connectivity index (χ1v) is 10.2. The van der Waals surface area contributed by atoms with E-state index in [1.807, 2.05) is 24.3 Å². The van der Waals surface area contributed by atoms with Crippen molar-refractivity contribution in [3.05, 3.63) is 54.1 Å². The molecule has 0 aromatic heterocycles. The standard InChI is InChI=1S/C20H26N2O4S/c1-15(2)17-5-7-18(8-6-17)22(16(3)23)14-13-21-27(24,25)20-11-9-19(26-4)10-12-20/h5-12,15,21H,13-14H2,1-4H3. The van der Waals surface area contributed by atoms with Crippen LogP contribution in [-0.2, 0) is 14.8 Å². The minimum Gasteiger partial charge on any atom is -0.497 e. The minimum atomic E-state index is -3.65. The Morgan fingerprint density at radius 1 is 1.07 bits per heavy atom. The quantitative estimate of drug-likeness (QED) is 0.751. The number of nitrogens with zero attached hydrogens (tertiary/aromatic N) is 1. The molecule has 0 saturated heterocycles. The molecular weight excluding hydrogens is 364 g/mol. The molecule has 0 bridgehead atoms. The summed E-state index contributed by atoms with van der Waals surface area (Å²) in [7, 11) is -2.13. The maximum absolute atomic E-state index is 12.4. The van der Waals surface area contributed by atoms with Crippen LogP contribution in [0, 0.1) is 0 Å². The summed E-state index contributed by atoms with van der Waals surface area (Å²) in [5, 5.41) is 0. The van der Waals surface area contributed by atoms with Crippen molar-refractivity contribution >= 4 is 21.6 Å². The number of hydrogen-bond donors (Lipinski definition) is 1. The third-order valence-electron chi connectivity index (χ3n) is 4.25. The number of carbonyl (C=O) groups excluding carboxylic acids is 1. The lowest BCUT2D eigenvalue weighted by Crippen LogP contribution is -2.37. The van der Waals surface area contributed by atoms with Gasteiger partial charge in [0.25, 0.3) is 0 Å². The van der Waals surface area contributed by atoms with Gasteiger partial charge in [0.1, 0.15) is 5.75 Å². The van der Waals surface area contributed by atoms with Crippen LogP contribution >= 0.6 is 0 Å². The fraction of sp³-hybridized carbons (Fsp3) is 0.350. The Kier molecular flexibility index (Phi) is 6.98. The van der Waals surface area contributed by atoms with Gasteiger partial charge in [-0.15, -0.1) is 0 Å². The van der Waals surface area contributed by atoms with Crippen LogP contribution in [0.2, 0.25) is 0 Å². The van der Waals surface area contributed by atoms with Crippen molar-refractivity contribution in [1.82, 2.24) is 4.72 Å². The largest absolute Gasteiger partial charge is 0.497 e. The van der Waals surface area contributed by atoms with Crippen LogP contribution < -0.4 is 14.4 Å². The van der Waals surface area contributed by atoms with Gasteiger partial charge in [-0.2, -0.15) is 0 Å². The van der Waals surface area contributed by atoms with Gasteiger partial charge in [0, 0.05) is 25.7 Å². The van der Waals surface area contributed by atoms with Gasteiger partial charge in [0.15, 0.2) is 0 Å². The number of ether oxygens (including phenoxy) is 1. The summed E-state index contributed by atoms with van der Waals surface area (Å²) >= 11 is 0. The Balaban J connectivity index is 2.04. The Hall–Kier alpha value is -2.38. The van der Waals surface area contributed by atoms with E-state index in [9.17, 15) is 13.2 Å². The number of rotatable bonds is 8. The molecule has 2 rings (SSSR count). The number of carbonyl (C=O) groups is 1. The van der Waals surface area contributed by atoms with E-state index < -0.39 is 10.0 Å². The van der Waals surface area contributed by atoms with Crippen molar-refractivity contribution in [2.75, 3.05) is 25.1 Å². The summed E-state index contributed by atoms with van der Waals surface area (Å²) in [5.41, 5.74) is 1.93. The van der Waals surface area contributed by atoms with Crippen LogP contribution in [0.25, 0.3) is 0 Å². The van der Waals surface area contributed by atoms with E-state index >= 15 is 0 Å². The first kappa shape index (κ1) is 20.9. The molecule has 0 saturated carbocycles. The highest BCUT2D eigenvalue weighted by Gasteiger charge is 2.16. The first-order chi connectivity index (χ1) is 12.7. The number of amides is 1. The molecule has 0 atom stereocenters. The second-order valence-corrected chi connectivity index (χ2v) is 8.26. The molecule has 146 valence electrons. The summed E-state index contributed by atoms with van der Waals surface area (Å²) in [5.74, 6) is 0.846. The lowest BCUT2D eigenvalue weighted by molar-refractivity contribution is -0.116. The van der Waals surface area contributed by atoms with Crippen molar-refractivity contribution in [1.29, 1.82) is 0 Å². The smallest absolute Gasteiger partial charge is 0.240 e. The van der Waals surface area contributed by atoms with Crippen molar-refractivity contribution in [2.45, 2.75) is 31.6 Å². The highest BCUT2D eigenvalue weighted by Crippen LogP contribution is 2.20. The molecule has 0 radical (unpaired) electrons. The predicted molar refractivity (Wildman–Crippen MR) is 107 cm³/mol. The number of anilines is 1. The van der Waals surface area contributed by atoms with Gasteiger partial charge in [-0.25, -0.2) is 13.1 Å². The van der Waals surface area contributed by atoms with E-state index in [2.05, 4.69) is 18.6 Å². The Morgan fingerprint density at radius 2 is 1.67 bits per heavy atom. The summed E-state index contributed by atoms with van der Waals surface area (Å²) in [6.07, 6.45) is 0. The second-order valence-electron chi connectivity index (χ2n) is 6.49. The highest BCUT2D eigenvalue weighted by molar-refractivity contribution is 7.89. The monoisotopic (exact) mass is 390 g/mol. The van der Waals surface area contributed by atoms with E-state index in [1.165, 1.54) is 31.7 Å². The van der Waals surface area contributed by atoms with Crippen LogP contribution in [0.5, 0.6) is 5.75 Å². The molecule has 6 nitrogen and oxygen atoms in total. The molecule has 0 aliphatic rings. The molecule has 0 aliphatic heterocycles. The molecule has 2 aromatic rings. The average molecular weight is 391 g/mol. The Bertz CT molecular complexity index is 860. The SMILES string of the molecule is COc1ccc(S(=O)(=O)NCCN(C(C)=O)c2ccc(C(C)C)cc2)cc1. The van der Waals surface area contributed by atoms with Crippen molar-refractivity contribution in [3.63, 3.8) is 0 Å². The fourth-order valence-corrected chi connectivity index (χ4v) is 3.66. The van der Waals surface area contributed by atoms with E-state index in [1.54, 1.807) is 17.0 Å². The molecule has 1 N–H and O–H groups in total. The van der Waals surface area contributed by atoms with Crippen LogP contribution in [-0.4, -0.2) is 34.5 Å². The molecule has 0 fully saturated rings. The zero-order valence-electron chi connectivity index (χ0n) is 16.1. The van der Waals surface area contributed by atoms with Crippen LogP contribution in [0.1, 0.15) is 32.3 Å². The number of benzene rings is 2. The summed E-state index contributed by atoms with van der Waals surface area (Å²) < 4.78 is 32.3. The van der Waals surface area contributed by atoms with Crippen LogP contribution in [0.3, 0.4) is 0 Å². The minimum absolute atomic E-state index is 0.111. The summed E-state index contributed by atoms with van der Waals surface area (Å²) in [6.45, 7) is 6.03. The van der Waals surface area contributed by atoms with Gasteiger partial charge >= 0.3 is 0 Å². The third-order valence-corrected chi connectivity index (χ3v) is 5.73. The van der Waals surface area contributed by atoms with E-state index in [4.69, 9.17) is 4.74 Å². The van der Waals surface area contributed by atoms with Gasteiger partial charge < -0.3 is 9.64 Å². The third kappa shape index (κ3) is 5.55. The van der Waals surface area contributed by atoms with Gasteiger partial charge in [-0.3, -0.25) is 4.79 Å². The van der Waals surface area contributed by atoms with E-state index in [0.717, 1.165) is 5.69 Å². The molecular formula is C20H26N2O4S. The average Bonchev–Trinajstić information content (AvgIpc) is 2.65. The summed E-state index contributed by atoms with van der Waals surface area (Å²) in [6, 6.07) is 13.9. The number of methoxy groups -OCH3 is 1. The maximum atomic E-state index is 12.4. The Morgan fingerprint density at radius 3 is 2.15 bits per heavy atom.